The van der Waals surface area contributed by atoms with E-state index in [2.05, 4.69) is 9.72 Å². The third-order valence-corrected chi connectivity index (χ3v) is 2.80. The van der Waals surface area contributed by atoms with E-state index in [1.807, 2.05) is 0 Å². The van der Waals surface area contributed by atoms with Gasteiger partial charge in [0.2, 0.25) is 5.88 Å². The Bertz CT molecular complexity index is 403. The van der Waals surface area contributed by atoms with Crippen LogP contribution in [0.25, 0.3) is 0 Å². The van der Waals surface area contributed by atoms with Crippen molar-refractivity contribution < 1.29 is 19.4 Å². The Morgan fingerprint density at radius 1 is 1.47 bits per heavy atom. The van der Waals surface area contributed by atoms with Crippen LogP contribution >= 0.6 is 0 Å². The Balaban J connectivity index is 3.06. The maximum atomic E-state index is 11.4. The van der Waals surface area contributed by atoms with Crippen LogP contribution in [0.3, 0.4) is 0 Å². The van der Waals surface area contributed by atoms with Gasteiger partial charge < -0.3 is 14.6 Å². The van der Waals surface area contributed by atoms with E-state index in [0.717, 1.165) is 5.56 Å². The number of ether oxygens (including phenoxy) is 2. The molecular weight excluding hydrogens is 222 g/mol. The van der Waals surface area contributed by atoms with Crippen molar-refractivity contribution in [1.82, 2.24) is 4.98 Å². The van der Waals surface area contributed by atoms with Crippen LogP contribution in [-0.2, 0) is 14.9 Å². The zero-order valence-electron chi connectivity index (χ0n) is 10.4. The van der Waals surface area contributed by atoms with Gasteiger partial charge in [0.1, 0.15) is 0 Å². The summed E-state index contributed by atoms with van der Waals surface area (Å²) in [4.78, 5) is 15.3. The second-order valence-corrected chi connectivity index (χ2v) is 4.23. The van der Waals surface area contributed by atoms with Gasteiger partial charge in [-0.2, -0.15) is 0 Å². The highest BCUT2D eigenvalue weighted by atomic mass is 16.5. The molecule has 17 heavy (non-hydrogen) atoms. The van der Waals surface area contributed by atoms with Crippen molar-refractivity contribution in [2.24, 2.45) is 0 Å². The molecule has 0 aliphatic carbocycles. The number of hydrogen-bond donors (Lipinski definition) is 1. The van der Waals surface area contributed by atoms with Gasteiger partial charge in [-0.1, -0.05) is 13.8 Å². The summed E-state index contributed by atoms with van der Waals surface area (Å²) >= 11 is 0. The number of carbonyl (C=O) groups excluding carboxylic acids is 1. The predicted octanol–water partition coefficient (Wildman–Crippen LogP) is 0.902. The quantitative estimate of drug-likeness (QED) is 0.791. The molecule has 1 atom stereocenters. The number of methoxy groups -OCH3 is 2. The summed E-state index contributed by atoms with van der Waals surface area (Å²) in [6.45, 7) is 3.51. The summed E-state index contributed by atoms with van der Waals surface area (Å²) in [5.41, 5.74) is -0.0224. The zero-order valence-corrected chi connectivity index (χ0v) is 10.4. The molecule has 0 saturated carbocycles. The van der Waals surface area contributed by atoms with Gasteiger partial charge in [-0.3, -0.25) is 0 Å². The van der Waals surface area contributed by atoms with Crippen LogP contribution < -0.4 is 4.74 Å². The Kier molecular flexibility index (Phi) is 4.07. The van der Waals surface area contributed by atoms with E-state index in [9.17, 15) is 9.90 Å². The van der Waals surface area contributed by atoms with Crippen molar-refractivity contribution in [3.63, 3.8) is 0 Å². The van der Waals surface area contributed by atoms with Gasteiger partial charge in [0.05, 0.1) is 14.2 Å². The lowest BCUT2D eigenvalue weighted by Crippen LogP contribution is -2.40. The summed E-state index contributed by atoms with van der Waals surface area (Å²) in [5, 5.41) is 9.93. The number of hydrogen-bond acceptors (Lipinski definition) is 5. The van der Waals surface area contributed by atoms with Crippen molar-refractivity contribution in [3.8, 4) is 5.88 Å². The molecule has 0 bridgehead atoms. The van der Waals surface area contributed by atoms with Crippen LogP contribution in [-0.4, -0.2) is 36.4 Å². The van der Waals surface area contributed by atoms with E-state index in [0.29, 0.717) is 5.88 Å². The average Bonchev–Trinajstić information content (AvgIpc) is 2.36. The molecule has 1 heterocycles. The Morgan fingerprint density at radius 3 is 2.65 bits per heavy atom. The molecule has 1 N–H and O–H groups in total. The molecule has 0 aliphatic rings. The topological polar surface area (TPSA) is 68.7 Å². The smallest absolute Gasteiger partial charge is 0.335 e. The first-order valence-electron chi connectivity index (χ1n) is 5.20. The molecule has 0 aliphatic heterocycles. The van der Waals surface area contributed by atoms with Crippen molar-refractivity contribution >= 4 is 5.97 Å². The van der Waals surface area contributed by atoms with Crippen LogP contribution in [0.15, 0.2) is 18.3 Å². The van der Waals surface area contributed by atoms with Gasteiger partial charge in [0.15, 0.2) is 6.10 Å². The summed E-state index contributed by atoms with van der Waals surface area (Å²) in [5.74, 6) is -0.224. The normalized spacial score (nSPS) is 13.0. The highest BCUT2D eigenvalue weighted by Crippen LogP contribution is 2.29. The fraction of sp³-hybridized carbons (Fsp3) is 0.500. The molecular formula is C12H17NO4. The first-order valence-corrected chi connectivity index (χ1v) is 5.20. The van der Waals surface area contributed by atoms with Crippen LogP contribution in [0.2, 0.25) is 0 Å². The largest absolute Gasteiger partial charge is 0.481 e. The zero-order chi connectivity index (χ0) is 13.1. The van der Waals surface area contributed by atoms with Crippen LogP contribution in [0.5, 0.6) is 5.88 Å². The Hall–Kier alpha value is -1.62. The SMILES string of the molecule is COC(=O)C(O)C(C)(C)c1ccnc(OC)c1. The molecule has 0 fully saturated rings. The lowest BCUT2D eigenvalue weighted by molar-refractivity contribution is -0.153. The van der Waals surface area contributed by atoms with E-state index < -0.39 is 17.5 Å². The lowest BCUT2D eigenvalue weighted by Gasteiger charge is -2.29. The van der Waals surface area contributed by atoms with Gasteiger partial charge in [-0.25, -0.2) is 9.78 Å². The fourth-order valence-electron chi connectivity index (χ4n) is 1.49. The number of aliphatic hydroxyl groups excluding tert-OH is 1. The van der Waals surface area contributed by atoms with E-state index >= 15 is 0 Å². The number of carbonyl (C=O) groups is 1. The first-order chi connectivity index (χ1) is 7.93. The molecule has 1 rings (SSSR count). The molecule has 0 spiro atoms. The molecule has 5 nitrogen and oxygen atoms in total. The average molecular weight is 239 g/mol. The summed E-state index contributed by atoms with van der Waals surface area (Å²) in [6, 6.07) is 3.42. The maximum absolute atomic E-state index is 11.4. The molecule has 5 heteroatoms. The second kappa shape index (κ2) is 5.14. The van der Waals surface area contributed by atoms with Crippen molar-refractivity contribution in [1.29, 1.82) is 0 Å². The molecule has 0 saturated heterocycles. The number of nitrogens with zero attached hydrogens (tertiary/aromatic N) is 1. The van der Waals surface area contributed by atoms with Crippen LogP contribution in [0.4, 0.5) is 0 Å². The minimum Gasteiger partial charge on any atom is -0.481 e. The van der Waals surface area contributed by atoms with Gasteiger partial charge >= 0.3 is 5.97 Å². The monoisotopic (exact) mass is 239 g/mol. The first kappa shape index (κ1) is 13.4. The van der Waals surface area contributed by atoms with E-state index in [4.69, 9.17) is 4.74 Å². The molecule has 0 amide bonds. The number of rotatable bonds is 4. The van der Waals surface area contributed by atoms with Crippen LogP contribution in [0, 0.1) is 0 Å². The van der Waals surface area contributed by atoms with Crippen molar-refractivity contribution in [2.45, 2.75) is 25.4 Å². The second-order valence-electron chi connectivity index (χ2n) is 4.23. The van der Waals surface area contributed by atoms with Crippen molar-refractivity contribution in [3.05, 3.63) is 23.9 Å². The van der Waals surface area contributed by atoms with E-state index in [-0.39, 0.29) is 0 Å². The number of esters is 1. The van der Waals surface area contributed by atoms with Gasteiger partial charge in [0.25, 0.3) is 0 Å². The van der Waals surface area contributed by atoms with Crippen molar-refractivity contribution in [2.75, 3.05) is 14.2 Å². The molecule has 1 aromatic heterocycles. The molecule has 0 radical (unpaired) electrons. The molecule has 1 unspecified atom stereocenters. The van der Waals surface area contributed by atoms with E-state index in [1.54, 1.807) is 32.2 Å². The highest BCUT2D eigenvalue weighted by molar-refractivity contribution is 5.76. The maximum Gasteiger partial charge on any atom is 0.335 e. The highest BCUT2D eigenvalue weighted by Gasteiger charge is 2.36. The number of pyridine rings is 1. The fourth-order valence-corrected chi connectivity index (χ4v) is 1.49. The number of aromatic nitrogens is 1. The van der Waals surface area contributed by atoms with Crippen LogP contribution in [0.1, 0.15) is 19.4 Å². The third kappa shape index (κ3) is 2.74. The van der Waals surface area contributed by atoms with Gasteiger partial charge in [-0.15, -0.1) is 0 Å². The lowest BCUT2D eigenvalue weighted by atomic mass is 9.80. The summed E-state index contributed by atoms with van der Waals surface area (Å²) in [7, 11) is 2.75. The third-order valence-electron chi connectivity index (χ3n) is 2.80. The summed E-state index contributed by atoms with van der Waals surface area (Å²) < 4.78 is 9.55. The molecule has 1 aromatic rings. The van der Waals surface area contributed by atoms with E-state index in [1.165, 1.54) is 14.2 Å². The predicted molar refractivity (Wildman–Crippen MR) is 61.8 cm³/mol. The Morgan fingerprint density at radius 2 is 2.12 bits per heavy atom. The minimum absolute atomic E-state index is 0.438. The van der Waals surface area contributed by atoms with Gasteiger partial charge in [-0.05, 0) is 11.6 Å². The number of aliphatic hydroxyl groups is 1. The Labute approximate surface area is 100 Å². The van der Waals surface area contributed by atoms with Gasteiger partial charge in [0, 0.05) is 17.7 Å². The molecule has 0 aromatic carbocycles. The minimum atomic E-state index is -1.24. The standard InChI is InChI=1S/C12H17NO4/c1-12(2,10(14)11(15)17-4)8-5-6-13-9(7-8)16-3/h5-7,10,14H,1-4H3. The molecule has 94 valence electrons. The summed E-state index contributed by atoms with van der Waals surface area (Å²) in [6.07, 6.45) is 0.333.